The van der Waals surface area contributed by atoms with Gasteiger partial charge in [-0.25, -0.2) is 8.42 Å². The van der Waals surface area contributed by atoms with Crippen molar-refractivity contribution >= 4 is 15.7 Å². The minimum absolute atomic E-state index is 0.0986. The zero-order valence-corrected chi connectivity index (χ0v) is 10.5. The van der Waals surface area contributed by atoms with E-state index >= 15 is 0 Å². The van der Waals surface area contributed by atoms with Gasteiger partial charge in [-0.05, 0) is 18.6 Å². The summed E-state index contributed by atoms with van der Waals surface area (Å²) in [4.78, 5) is 11.1. The van der Waals surface area contributed by atoms with Crippen molar-refractivity contribution in [2.75, 3.05) is 6.26 Å². The molecule has 0 radical (unpaired) electrons. The van der Waals surface area contributed by atoms with Crippen LogP contribution >= 0.6 is 0 Å². The van der Waals surface area contributed by atoms with E-state index in [2.05, 4.69) is 0 Å². The van der Waals surface area contributed by atoms with E-state index in [1.165, 1.54) is 13.0 Å². The normalized spacial score (nSPS) is 15.2. The molecule has 5 nitrogen and oxygen atoms in total. The van der Waals surface area contributed by atoms with Crippen LogP contribution in [0.5, 0.6) is 0 Å². The quantitative estimate of drug-likeness (QED) is 0.785. The molecule has 0 heterocycles. The molecule has 0 spiro atoms. The van der Waals surface area contributed by atoms with E-state index in [1.807, 2.05) is 0 Å². The van der Waals surface area contributed by atoms with Crippen molar-refractivity contribution in [2.45, 2.75) is 23.8 Å². The molecule has 0 saturated carbocycles. The van der Waals surface area contributed by atoms with Gasteiger partial charge in [-0.15, -0.1) is 0 Å². The largest absolute Gasteiger partial charge is 0.380 e. The Kier molecular flexibility index (Phi) is 3.59. The summed E-state index contributed by atoms with van der Waals surface area (Å²) in [5.74, 6) is -0.888. The molecule has 1 aromatic rings. The van der Waals surface area contributed by atoms with Crippen molar-refractivity contribution in [3.05, 3.63) is 29.8 Å². The second-order valence-electron chi connectivity index (χ2n) is 4.19. The Balaban J connectivity index is 3.21. The molecule has 0 aliphatic rings. The average molecular weight is 257 g/mol. The molecule has 0 bridgehead atoms. The number of primary amides is 1. The van der Waals surface area contributed by atoms with Crippen LogP contribution in [0.4, 0.5) is 0 Å². The standard InChI is InChI=1S/C11H15NO4S/c1-11(14,10(12)13)7-8-5-3-4-6-9(8)17(2,15)16/h3-6,14H,7H2,1-2H3,(H2,12,13). The second kappa shape index (κ2) is 4.46. The van der Waals surface area contributed by atoms with Gasteiger partial charge in [0.15, 0.2) is 9.84 Å². The van der Waals surface area contributed by atoms with Crippen LogP contribution in [0, 0.1) is 0 Å². The summed E-state index contributed by atoms with van der Waals surface area (Å²) in [6, 6.07) is 6.20. The number of benzene rings is 1. The molecule has 0 aliphatic carbocycles. The first kappa shape index (κ1) is 13.7. The van der Waals surface area contributed by atoms with Gasteiger partial charge in [0.05, 0.1) is 4.90 Å². The third-order valence-electron chi connectivity index (χ3n) is 2.44. The van der Waals surface area contributed by atoms with Crippen LogP contribution in [-0.2, 0) is 21.1 Å². The Labute approximate surface area is 100 Å². The van der Waals surface area contributed by atoms with Crippen LogP contribution in [0.1, 0.15) is 12.5 Å². The number of carbonyl (C=O) groups is 1. The maximum Gasteiger partial charge on any atom is 0.249 e. The molecule has 3 N–H and O–H groups in total. The summed E-state index contributed by atoms with van der Waals surface area (Å²) in [6.45, 7) is 1.26. The smallest absolute Gasteiger partial charge is 0.249 e. The molecule has 0 aliphatic heterocycles. The van der Waals surface area contributed by atoms with Crippen molar-refractivity contribution in [3.8, 4) is 0 Å². The van der Waals surface area contributed by atoms with Crippen molar-refractivity contribution in [1.82, 2.24) is 0 Å². The molecule has 1 aromatic carbocycles. The Hall–Kier alpha value is -1.40. The minimum atomic E-state index is -3.39. The topological polar surface area (TPSA) is 97.5 Å². The van der Waals surface area contributed by atoms with Gasteiger partial charge in [-0.2, -0.15) is 0 Å². The van der Waals surface area contributed by atoms with Gasteiger partial charge in [-0.3, -0.25) is 4.79 Å². The Morgan fingerprint density at radius 3 is 2.41 bits per heavy atom. The monoisotopic (exact) mass is 257 g/mol. The fourth-order valence-electron chi connectivity index (χ4n) is 1.47. The van der Waals surface area contributed by atoms with Crippen molar-refractivity contribution in [3.63, 3.8) is 0 Å². The van der Waals surface area contributed by atoms with Crippen LogP contribution in [-0.4, -0.2) is 31.3 Å². The first-order chi connectivity index (χ1) is 7.64. The van der Waals surface area contributed by atoms with Gasteiger partial charge in [-0.1, -0.05) is 18.2 Å². The van der Waals surface area contributed by atoms with E-state index in [1.54, 1.807) is 18.2 Å². The van der Waals surface area contributed by atoms with Crippen LogP contribution in [0.25, 0.3) is 0 Å². The van der Waals surface area contributed by atoms with Gasteiger partial charge in [0.2, 0.25) is 5.91 Å². The van der Waals surface area contributed by atoms with Crippen LogP contribution in [0.2, 0.25) is 0 Å². The van der Waals surface area contributed by atoms with Gasteiger partial charge < -0.3 is 10.8 Å². The molecule has 1 atom stereocenters. The van der Waals surface area contributed by atoms with E-state index < -0.39 is 21.3 Å². The average Bonchev–Trinajstić information content (AvgIpc) is 2.15. The summed E-state index contributed by atoms with van der Waals surface area (Å²) >= 11 is 0. The Morgan fingerprint density at radius 1 is 1.41 bits per heavy atom. The van der Waals surface area contributed by atoms with E-state index in [4.69, 9.17) is 5.73 Å². The first-order valence-corrected chi connectivity index (χ1v) is 6.84. The molecule has 17 heavy (non-hydrogen) atoms. The molecule has 1 unspecified atom stereocenters. The predicted molar refractivity (Wildman–Crippen MR) is 63.1 cm³/mol. The summed E-state index contributed by atoms with van der Waals surface area (Å²) in [5, 5.41) is 9.77. The third kappa shape index (κ3) is 3.28. The Bertz CT molecular complexity index is 534. The number of hydrogen-bond acceptors (Lipinski definition) is 4. The number of carbonyl (C=O) groups excluding carboxylic acids is 1. The molecular weight excluding hydrogens is 242 g/mol. The third-order valence-corrected chi connectivity index (χ3v) is 3.63. The lowest BCUT2D eigenvalue weighted by atomic mass is 9.96. The second-order valence-corrected chi connectivity index (χ2v) is 6.18. The molecule has 0 aromatic heterocycles. The van der Waals surface area contributed by atoms with Gasteiger partial charge in [0, 0.05) is 12.7 Å². The summed E-state index contributed by atoms with van der Waals surface area (Å²) < 4.78 is 23.0. The number of hydrogen-bond donors (Lipinski definition) is 2. The zero-order chi connectivity index (χ0) is 13.3. The number of nitrogens with two attached hydrogens (primary N) is 1. The number of sulfone groups is 1. The molecule has 0 fully saturated rings. The van der Waals surface area contributed by atoms with Crippen LogP contribution < -0.4 is 5.73 Å². The Morgan fingerprint density at radius 2 is 1.94 bits per heavy atom. The maximum absolute atomic E-state index is 11.5. The van der Waals surface area contributed by atoms with Gasteiger partial charge in [0.1, 0.15) is 5.60 Å². The van der Waals surface area contributed by atoms with E-state index in [0.717, 1.165) is 6.26 Å². The van der Waals surface area contributed by atoms with Gasteiger partial charge >= 0.3 is 0 Å². The molecule has 6 heteroatoms. The fourth-order valence-corrected chi connectivity index (χ4v) is 2.41. The molecule has 94 valence electrons. The number of rotatable bonds is 4. The van der Waals surface area contributed by atoms with E-state index in [0.29, 0.717) is 5.56 Å². The van der Waals surface area contributed by atoms with Crippen molar-refractivity contribution in [2.24, 2.45) is 5.73 Å². The first-order valence-electron chi connectivity index (χ1n) is 4.95. The highest BCUT2D eigenvalue weighted by molar-refractivity contribution is 7.90. The zero-order valence-electron chi connectivity index (χ0n) is 9.67. The highest BCUT2D eigenvalue weighted by Crippen LogP contribution is 2.20. The lowest BCUT2D eigenvalue weighted by Gasteiger charge is -2.20. The van der Waals surface area contributed by atoms with Crippen molar-refractivity contribution in [1.29, 1.82) is 0 Å². The van der Waals surface area contributed by atoms with Crippen LogP contribution in [0.3, 0.4) is 0 Å². The highest BCUT2D eigenvalue weighted by atomic mass is 32.2. The maximum atomic E-state index is 11.5. The lowest BCUT2D eigenvalue weighted by Crippen LogP contribution is -2.43. The van der Waals surface area contributed by atoms with E-state index in [9.17, 15) is 18.3 Å². The molecule has 1 amide bonds. The SMILES string of the molecule is CC(O)(Cc1ccccc1S(C)(=O)=O)C(N)=O. The van der Waals surface area contributed by atoms with Gasteiger partial charge in [0.25, 0.3) is 0 Å². The molecular formula is C11H15NO4S. The molecule has 0 saturated heterocycles. The van der Waals surface area contributed by atoms with Crippen molar-refractivity contribution < 1.29 is 18.3 Å². The summed E-state index contributed by atoms with van der Waals surface area (Å²) in [7, 11) is -3.39. The number of aliphatic hydroxyl groups is 1. The van der Waals surface area contributed by atoms with Crippen LogP contribution in [0.15, 0.2) is 29.2 Å². The summed E-state index contributed by atoms with van der Waals surface area (Å²) in [5.41, 5.74) is 3.65. The fraction of sp³-hybridized carbons (Fsp3) is 0.364. The predicted octanol–water partition coefficient (Wildman–Crippen LogP) is -0.131. The molecule has 1 rings (SSSR count). The highest BCUT2D eigenvalue weighted by Gasteiger charge is 2.29. The summed E-state index contributed by atoms with van der Waals surface area (Å²) in [6.07, 6.45) is 0.941. The number of amides is 1. The minimum Gasteiger partial charge on any atom is -0.380 e. The van der Waals surface area contributed by atoms with E-state index in [-0.39, 0.29) is 11.3 Å². The lowest BCUT2D eigenvalue weighted by molar-refractivity contribution is -0.134.